The van der Waals surface area contributed by atoms with Crippen LogP contribution in [0.5, 0.6) is 0 Å². The molecule has 2 amide bonds. The molecule has 1 heterocycles. The number of hydrogen-bond donors (Lipinski definition) is 0. The molecule has 0 spiro atoms. The van der Waals surface area contributed by atoms with E-state index in [2.05, 4.69) is 0 Å². The Morgan fingerprint density at radius 1 is 1.07 bits per heavy atom. The third-order valence-electron chi connectivity index (χ3n) is 5.20. The van der Waals surface area contributed by atoms with Gasteiger partial charge in [0.1, 0.15) is 0 Å². The molecule has 1 aromatic rings. The van der Waals surface area contributed by atoms with Crippen LogP contribution in [0.15, 0.2) is 30.4 Å². The number of Topliss-reactive ketones (excluding diaryl/α,β-unsaturated/α-hetero) is 1. The summed E-state index contributed by atoms with van der Waals surface area (Å²) in [6, 6.07) is 5.53. The Balaban J connectivity index is 1.50. The molecule has 27 heavy (non-hydrogen) atoms. The van der Waals surface area contributed by atoms with Crippen LogP contribution in [-0.2, 0) is 19.1 Å². The van der Waals surface area contributed by atoms with Crippen molar-refractivity contribution in [1.29, 1.82) is 0 Å². The van der Waals surface area contributed by atoms with E-state index in [0.717, 1.165) is 16.0 Å². The Bertz CT molecular complexity index is 800. The number of esters is 1. The molecule has 0 unspecified atom stereocenters. The second-order valence-electron chi connectivity index (χ2n) is 7.14. The maximum absolute atomic E-state index is 12.3. The maximum atomic E-state index is 12.3. The highest BCUT2D eigenvalue weighted by atomic mass is 16.5. The average Bonchev–Trinajstić information content (AvgIpc) is 2.91. The summed E-state index contributed by atoms with van der Waals surface area (Å²) in [5.74, 6) is -1.90. The Morgan fingerprint density at radius 2 is 1.70 bits per heavy atom. The van der Waals surface area contributed by atoms with Crippen molar-refractivity contribution in [3.63, 3.8) is 0 Å². The van der Waals surface area contributed by atoms with Gasteiger partial charge in [-0.05, 0) is 38.3 Å². The second kappa shape index (κ2) is 7.86. The van der Waals surface area contributed by atoms with Gasteiger partial charge >= 0.3 is 5.97 Å². The minimum absolute atomic E-state index is 0.00115. The molecule has 1 fully saturated rings. The van der Waals surface area contributed by atoms with Gasteiger partial charge in [0.15, 0.2) is 6.61 Å². The lowest BCUT2D eigenvalue weighted by Crippen LogP contribution is -2.33. The number of rotatable bonds is 6. The van der Waals surface area contributed by atoms with E-state index < -0.39 is 5.97 Å². The number of ether oxygens (including phenoxy) is 1. The molecular formula is C21H23NO5. The molecule has 142 valence electrons. The summed E-state index contributed by atoms with van der Waals surface area (Å²) in [4.78, 5) is 50.1. The van der Waals surface area contributed by atoms with Gasteiger partial charge in [0.05, 0.1) is 18.3 Å². The van der Waals surface area contributed by atoms with Crippen molar-refractivity contribution in [3.05, 3.63) is 47.0 Å². The van der Waals surface area contributed by atoms with Gasteiger partial charge < -0.3 is 4.74 Å². The van der Waals surface area contributed by atoms with Gasteiger partial charge in [-0.3, -0.25) is 24.1 Å². The molecule has 0 radical (unpaired) electrons. The second-order valence-corrected chi connectivity index (χ2v) is 7.14. The molecule has 0 aromatic heterocycles. The number of likely N-dealkylation sites (tertiary alicyclic amines) is 1. The SMILES string of the molecule is Cc1ccc(C)c(C(=O)COC(=O)CCN2C(=O)[C@H]3CC=CC[C@@H]3C2=O)c1. The van der Waals surface area contributed by atoms with Crippen LogP contribution in [0.1, 0.15) is 40.7 Å². The summed E-state index contributed by atoms with van der Waals surface area (Å²) in [7, 11) is 0. The average molecular weight is 369 g/mol. The Kier molecular flexibility index (Phi) is 5.54. The van der Waals surface area contributed by atoms with Crippen molar-refractivity contribution < 1.29 is 23.9 Å². The van der Waals surface area contributed by atoms with E-state index in [1.54, 1.807) is 6.07 Å². The molecule has 3 rings (SSSR count). The lowest BCUT2D eigenvalue weighted by Gasteiger charge is -2.14. The fourth-order valence-corrected chi connectivity index (χ4v) is 3.62. The third kappa shape index (κ3) is 3.99. The summed E-state index contributed by atoms with van der Waals surface area (Å²) in [5.41, 5.74) is 2.31. The van der Waals surface area contributed by atoms with Crippen molar-refractivity contribution in [2.24, 2.45) is 11.8 Å². The zero-order chi connectivity index (χ0) is 19.6. The Labute approximate surface area is 158 Å². The molecule has 0 bridgehead atoms. The fraction of sp³-hybridized carbons (Fsp3) is 0.429. The number of fused-ring (bicyclic) bond motifs is 1. The summed E-state index contributed by atoms with van der Waals surface area (Å²) in [5, 5.41) is 0. The predicted molar refractivity (Wildman–Crippen MR) is 97.9 cm³/mol. The molecule has 1 aromatic carbocycles. The Hall–Kier alpha value is -2.76. The summed E-state index contributed by atoms with van der Waals surface area (Å²) in [6.45, 7) is 3.37. The maximum Gasteiger partial charge on any atom is 0.308 e. The first kappa shape index (κ1) is 19.0. The van der Waals surface area contributed by atoms with Gasteiger partial charge in [0.25, 0.3) is 0 Å². The van der Waals surface area contributed by atoms with Gasteiger partial charge in [-0.15, -0.1) is 0 Å². The van der Waals surface area contributed by atoms with Crippen molar-refractivity contribution in [2.75, 3.05) is 13.2 Å². The lowest BCUT2D eigenvalue weighted by molar-refractivity contribution is -0.145. The number of carbonyl (C=O) groups is 4. The highest BCUT2D eigenvalue weighted by Gasteiger charge is 2.46. The van der Waals surface area contributed by atoms with Crippen molar-refractivity contribution in [3.8, 4) is 0 Å². The molecule has 0 saturated carbocycles. The van der Waals surface area contributed by atoms with Crippen molar-refractivity contribution >= 4 is 23.6 Å². The van der Waals surface area contributed by atoms with Gasteiger partial charge in [-0.2, -0.15) is 0 Å². The molecule has 0 N–H and O–H groups in total. The molecule has 1 saturated heterocycles. The van der Waals surface area contributed by atoms with Crippen LogP contribution in [0.4, 0.5) is 0 Å². The van der Waals surface area contributed by atoms with Crippen LogP contribution in [0.3, 0.4) is 0 Å². The van der Waals surface area contributed by atoms with E-state index in [1.165, 1.54) is 0 Å². The number of benzene rings is 1. The number of nitrogens with zero attached hydrogens (tertiary/aromatic N) is 1. The van der Waals surface area contributed by atoms with Gasteiger partial charge in [-0.25, -0.2) is 0 Å². The molecule has 2 aliphatic rings. The van der Waals surface area contributed by atoms with Crippen LogP contribution >= 0.6 is 0 Å². The Morgan fingerprint density at radius 3 is 2.33 bits per heavy atom. The largest absolute Gasteiger partial charge is 0.457 e. The topological polar surface area (TPSA) is 80.8 Å². The first-order valence-corrected chi connectivity index (χ1v) is 9.14. The van der Waals surface area contributed by atoms with Crippen LogP contribution in [0.25, 0.3) is 0 Å². The van der Waals surface area contributed by atoms with Gasteiger partial charge in [0.2, 0.25) is 17.6 Å². The highest BCUT2D eigenvalue weighted by Crippen LogP contribution is 2.35. The zero-order valence-corrected chi connectivity index (χ0v) is 15.6. The first-order valence-electron chi connectivity index (χ1n) is 9.14. The smallest absolute Gasteiger partial charge is 0.308 e. The van der Waals surface area contributed by atoms with Crippen LogP contribution in [-0.4, -0.2) is 41.6 Å². The minimum atomic E-state index is -0.595. The lowest BCUT2D eigenvalue weighted by atomic mass is 9.85. The summed E-state index contributed by atoms with van der Waals surface area (Å²) >= 11 is 0. The van der Waals surface area contributed by atoms with Crippen LogP contribution < -0.4 is 0 Å². The molecular weight excluding hydrogens is 346 g/mol. The van der Waals surface area contributed by atoms with Gasteiger partial charge in [0, 0.05) is 12.1 Å². The van der Waals surface area contributed by atoms with Crippen molar-refractivity contribution in [1.82, 2.24) is 4.90 Å². The molecule has 2 atom stereocenters. The number of allylic oxidation sites excluding steroid dienone is 2. The zero-order valence-electron chi connectivity index (χ0n) is 15.6. The molecule has 6 nitrogen and oxygen atoms in total. The van der Waals surface area contributed by atoms with E-state index >= 15 is 0 Å². The van der Waals surface area contributed by atoms with E-state index in [0.29, 0.717) is 18.4 Å². The van der Waals surface area contributed by atoms with E-state index in [9.17, 15) is 19.2 Å². The first-order chi connectivity index (χ1) is 12.9. The fourth-order valence-electron chi connectivity index (χ4n) is 3.62. The third-order valence-corrected chi connectivity index (χ3v) is 5.20. The summed E-state index contributed by atoms with van der Waals surface area (Å²) in [6.07, 6.45) is 4.87. The van der Waals surface area contributed by atoms with Gasteiger partial charge in [-0.1, -0.05) is 29.8 Å². The van der Waals surface area contributed by atoms with E-state index in [-0.39, 0.29) is 49.0 Å². The van der Waals surface area contributed by atoms with E-state index in [4.69, 9.17) is 4.74 Å². The molecule has 6 heteroatoms. The molecule has 1 aliphatic heterocycles. The highest BCUT2D eigenvalue weighted by molar-refractivity contribution is 6.05. The quantitative estimate of drug-likeness (QED) is 0.333. The number of amides is 2. The number of imide groups is 1. The predicted octanol–water partition coefficient (Wildman–Crippen LogP) is 2.37. The number of carbonyl (C=O) groups excluding carboxylic acids is 4. The van der Waals surface area contributed by atoms with Crippen LogP contribution in [0, 0.1) is 25.7 Å². The van der Waals surface area contributed by atoms with Crippen molar-refractivity contribution in [2.45, 2.75) is 33.1 Å². The standard InChI is InChI=1S/C21H23NO5/c1-13-7-8-14(2)17(11-13)18(23)12-27-19(24)9-10-22-20(25)15-5-3-4-6-16(15)21(22)26/h3-4,7-8,11,15-16H,5-6,9-10,12H2,1-2H3/t15-,16-/m0/s1. The molecule has 1 aliphatic carbocycles. The number of hydrogen-bond acceptors (Lipinski definition) is 5. The minimum Gasteiger partial charge on any atom is -0.457 e. The van der Waals surface area contributed by atoms with Crippen LogP contribution in [0.2, 0.25) is 0 Å². The monoisotopic (exact) mass is 369 g/mol. The number of aryl methyl sites for hydroxylation is 2. The van der Waals surface area contributed by atoms with E-state index in [1.807, 2.05) is 38.1 Å². The summed E-state index contributed by atoms with van der Waals surface area (Å²) < 4.78 is 5.05. The normalized spacial score (nSPS) is 21.3. The number of ketones is 1.